The molecule has 4 heteroatoms. The van der Waals surface area contributed by atoms with Crippen molar-refractivity contribution in [3.63, 3.8) is 0 Å². The highest BCUT2D eigenvalue weighted by Crippen LogP contribution is 2.13. The second kappa shape index (κ2) is 5.86. The summed E-state index contributed by atoms with van der Waals surface area (Å²) in [5, 5.41) is 2.80. The lowest BCUT2D eigenvalue weighted by Gasteiger charge is -2.23. The first kappa shape index (κ1) is 11.3. The number of rotatable bonds is 4. The molecule has 0 saturated carbocycles. The number of nitrogens with one attached hydrogen (secondary N) is 1. The molecular formula is C10H20N2O2. The third kappa shape index (κ3) is 3.18. The molecule has 1 unspecified atom stereocenters. The van der Waals surface area contributed by atoms with Crippen molar-refractivity contribution in [2.75, 3.05) is 26.2 Å². The van der Waals surface area contributed by atoms with Gasteiger partial charge in [0.25, 0.3) is 0 Å². The molecule has 1 heterocycles. The van der Waals surface area contributed by atoms with E-state index in [0.717, 1.165) is 32.5 Å². The minimum Gasteiger partial charge on any atom is -0.376 e. The Labute approximate surface area is 85.6 Å². The summed E-state index contributed by atoms with van der Waals surface area (Å²) in [6, 6.07) is 0.0190. The molecule has 0 radical (unpaired) electrons. The van der Waals surface area contributed by atoms with Crippen LogP contribution in [0.5, 0.6) is 0 Å². The normalized spacial score (nSPS) is 20.9. The Morgan fingerprint density at radius 2 is 2.36 bits per heavy atom. The smallest absolute Gasteiger partial charge is 0.317 e. The zero-order valence-corrected chi connectivity index (χ0v) is 9.08. The number of likely N-dealkylation sites (N-methyl/N-ethyl adjacent to an activating group) is 1. The Morgan fingerprint density at radius 1 is 1.57 bits per heavy atom. The number of amides is 2. The number of carbonyl (C=O) groups excluding carboxylic acids is 1. The van der Waals surface area contributed by atoms with Crippen LogP contribution < -0.4 is 5.32 Å². The molecule has 1 N–H and O–H groups in total. The van der Waals surface area contributed by atoms with Crippen molar-refractivity contribution in [2.45, 2.75) is 32.8 Å². The third-order valence-corrected chi connectivity index (χ3v) is 2.44. The van der Waals surface area contributed by atoms with Crippen molar-refractivity contribution in [2.24, 2.45) is 0 Å². The predicted molar refractivity (Wildman–Crippen MR) is 55.3 cm³/mol. The lowest BCUT2D eigenvalue weighted by Crippen LogP contribution is -2.43. The van der Waals surface area contributed by atoms with Crippen LogP contribution in [-0.2, 0) is 4.74 Å². The van der Waals surface area contributed by atoms with E-state index in [2.05, 4.69) is 5.32 Å². The van der Waals surface area contributed by atoms with Crippen molar-refractivity contribution in [1.82, 2.24) is 10.2 Å². The van der Waals surface area contributed by atoms with Crippen molar-refractivity contribution in [1.29, 1.82) is 0 Å². The molecule has 1 fully saturated rings. The highest BCUT2D eigenvalue weighted by Gasteiger charge is 2.20. The Bertz CT molecular complexity index is 179. The number of hydrogen-bond acceptors (Lipinski definition) is 2. The lowest BCUT2D eigenvalue weighted by molar-refractivity contribution is 0.0827. The summed E-state index contributed by atoms with van der Waals surface area (Å²) >= 11 is 0. The van der Waals surface area contributed by atoms with Gasteiger partial charge in [-0.25, -0.2) is 4.79 Å². The largest absolute Gasteiger partial charge is 0.376 e. The minimum absolute atomic E-state index is 0.0190. The van der Waals surface area contributed by atoms with E-state index < -0.39 is 0 Å². The van der Waals surface area contributed by atoms with Gasteiger partial charge in [-0.3, -0.25) is 0 Å². The minimum atomic E-state index is 0.0190. The van der Waals surface area contributed by atoms with Gasteiger partial charge in [-0.15, -0.1) is 0 Å². The summed E-state index contributed by atoms with van der Waals surface area (Å²) < 4.78 is 5.49. The second-order valence-corrected chi connectivity index (χ2v) is 3.51. The van der Waals surface area contributed by atoms with Crippen LogP contribution in [0.1, 0.15) is 26.7 Å². The molecule has 0 spiro atoms. The standard InChI is InChI=1S/C10H20N2O2/c1-3-11-10(13)12(4-2)8-9-6-5-7-14-9/h9H,3-8H2,1-2H3,(H,11,13). The van der Waals surface area contributed by atoms with Crippen LogP contribution in [0.15, 0.2) is 0 Å². The summed E-state index contributed by atoms with van der Waals surface area (Å²) in [7, 11) is 0. The first-order valence-corrected chi connectivity index (χ1v) is 5.42. The molecule has 82 valence electrons. The summed E-state index contributed by atoms with van der Waals surface area (Å²) in [6.45, 7) is 6.91. The van der Waals surface area contributed by atoms with E-state index in [1.165, 1.54) is 0 Å². The highest BCUT2D eigenvalue weighted by atomic mass is 16.5. The van der Waals surface area contributed by atoms with Crippen LogP contribution in [0.2, 0.25) is 0 Å². The molecule has 1 rings (SSSR count). The van der Waals surface area contributed by atoms with E-state index in [-0.39, 0.29) is 12.1 Å². The van der Waals surface area contributed by atoms with Gasteiger partial charge in [-0.1, -0.05) is 0 Å². The van der Waals surface area contributed by atoms with Gasteiger partial charge < -0.3 is 15.0 Å². The van der Waals surface area contributed by atoms with Gasteiger partial charge in [0.05, 0.1) is 6.10 Å². The number of urea groups is 1. The topological polar surface area (TPSA) is 41.6 Å². The third-order valence-electron chi connectivity index (χ3n) is 2.44. The summed E-state index contributed by atoms with van der Waals surface area (Å²) in [5.74, 6) is 0. The van der Waals surface area contributed by atoms with Gasteiger partial charge >= 0.3 is 6.03 Å². The average Bonchev–Trinajstić information content (AvgIpc) is 2.66. The van der Waals surface area contributed by atoms with Crippen LogP contribution in [0.4, 0.5) is 4.79 Å². The van der Waals surface area contributed by atoms with E-state index in [0.29, 0.717) is 6.54 Å². The van der Waals surface area contributed by atoms with E-state index in [4.69, 9.17) is 4.74 Å². The number of ether oxygens (including phenoxy) is 1. The number of carbonyl (C=O) groups is 1. The van der Waals surface area contributed by atoms with Crippen LogP contribution in [0.25, 0.3) is 0 Å². The number of hydrogen-bond donors (Lipinski definition) is 1. The summed E-state index contributed by atoms with van der Waals surface area (Å²) in [6.07, 6.45) is 2.45. The fourth-order valence-electron chi connectivity index (χ4n) is 1.65. The summed E-state index contributed by atoms with van der Waals surface area (Å²) in [4.78, 5) is 13.3. The van der Waals surface area contributed by atoms with Gasteiger partial charge in [-0.05, 0) is 26.7 Å². The molecule has 1 aliphatic heterocycles. The van der Waals surface area contributed by atoms with E-state index in [9.17, 15) is 4.79 Å². The molecule has 0 aromatic rings. The van der Waals surface area contributed by atoms with Crippen molar-refractivity contribution >= 4 is 6.03 Å². The Balaban J connectivity index is 2.33. The fourth-order valence-corrected chi connectivity index (χ4v) is 1.65. The second-order valence-electron chi connectivity index (χ2n) is 3.51. The first-order chi connectivity index (χ1) is 6.77. The SMILES string of the molecule is CCNC(=O)N(CC)CC1CCCO1. The Hall–Kier alpha value is -0.770. The van der Waals surface area contributed by atoms with Crippen molar-refractivity contribution in [3.05, 3.63) is 0 Å². The van der Waals surface area contributed by atoms with Crippen LogP contribution >= 0.6 is 0 Å². The maximum absolute atomic E-state index is 11.5. The zero-order valence-electron chi connectivity index (χ0n) is 9.08. The van der Waals surface area contributed by atoms with E-state index in [1.807, 2.05) is 13.8 Å². The monoisotopic (exact) mass is 200 g/mol. The van der Waals surface area contributed by atoms with Crippen LogP contribution in [0, 0.1) is 0 Å². The van der Waals surface area contributed by atoms with Crippen molar-refractivity contribution in [3.8, 4) is 0 Å². The van der Waals surface area contributed by atoms with Crippen LogP contribution in [0.3, 0.4) is 0 Å². The van der Waals surface area contributed by atoms with Crippen LogP contribution in [-0.4, -0.2) is 43.3 Å². The highest BCUT2D eigenvalue weighted by molar-refractivity contribution is 5.74. The van der Waals surface area contributed by atoms with E-state index >= 15 is 0 Å². The first-order valence-electron chi connectivity index (χ1n) is 5.42. The molecule has 14 heavy (non-hydrogen) atoms. The quantitative estimate of drug-likeness (QED) is 0.741. The Morgan fingerprint density at radius 3 is 2.86 bits per heavy atom. The molecule has 4 nitrogen and oxygen atoms in total. The molecular weight excluding hydrogens is 180 g/mol. The molecule has 0 aromatic carbocycles. The maximum atomic E-state index is 11.5. The maximum Gasteiger partial charge on any atom is 0.317 e. The molecule has 0 aromatic heterocycles. The fraction of sp³-hybridized carbons (Fsp3) is 0.900. The Kier molecular flexibility index (Phi) is 4.73. The van der Waals surface area contributed by atoms with Crippen molar-refractivity contribution < 1.29 is 9.53 Å². The van der Waals surface area contributed by atoms with Gasteiger partial charge in [0.1, 0.15) is 0 Å². The molecule has 1 saturated heterocycles. The zero-order chi connectivity index (χ0) is 10.4. The van der Waals surface area contributed by atoms with Gasteiger partial charge in [0.2, 0.25) is 0 Å². The van der Waals surface area contributed by atoms with Gasteiger partial charge in [-0.2, -0.15) is 0 Å². The average molecular weight is 200 g/mol. The molecule has 1 atom stereocenters. The summed E-state index contributed by atoms with van der Waals surface area (Å²) in [5.41, 5.74) is 0. The molecule has 2 amide bonds. The van der Waals surface area contributed by atoms with Gasteiger partial charge in [0.15, 0.2) is 0 Å². The lowest BCUT2D eigenvalue weighted by atomic mass is 10.2. The molecule has 0 aliphatic carbocycles. The number of nitrogens with zero attached hydrogens (tertiary/aromatic N) is 1. The predicted octanol–water partition coefficient (Wildman–Crippen LogP) is 1.22. The van der Waals surface area contributed by atoms with Gasteiger partial charge in [0, 0.05) is 26.2 Å². The molecule has 1 aliphatic rings. The molecule has 0 bridgehead atoms. The van der Waals surface area contributed by atoms with E-state index in [1.54, 1.807) is 4.90 Å².